The molecule has 3 aromatic rings. The van der Waals surface area contributed by atoms with Crippen LogP contribution >= 0.6 is 11.6 Å². The Kier molecular flexibility index (Phi) is 5.73. The van der Waals surface area contributed by atoms with Gasteiger partial charge in [0, 0.05) is 10.6 Å². The first-order valence-electron chi connectivity index (χ1n) is 8.13. The molecule has 0 radical (unpaired) electrons. The van der Waals surface area contributed by atoms with Crippen molar-refractivity contribution in [3.8, 4) is 11.4 Å². The number of phenols is 1. The van der Waals surface area contributed by atoms with Gasteiger partial charge in [0.15, 0.2) is 0 Å². The normalized spacial score (nSPS) is 11.5. The van der Waals surface area contributed by atoms with E-state index in [-0.39, 0.29) is 34.8 Å². The molecule has 11 heteroatoms. The molecule has 0 aliphatic carbocycles. The summed E-state index contributed by atoms with van der Waals surface area (Å²) in [6.45, 7) is -1.29. The van der Waals surface area contributed by atoms with Crippen LogP contribution in [-0.2, 0) is 19.4 Å². The third-order valence-corrected chi connectivity index (χ3v) is 4.13. The molecule has 152 valence electrons. The number of amides is 1. The highest BCUT2D eigenvalue weighted by molar-refractivity contribution is 6.30. The second kappa shape index (κ2) is 8.08. The summed E-state index contributed by atoms with van der Waals surface area (Å²) >= 11 is 5.88. The summed E-state index contributed by atoms with van der Waals surface area (Å²) in [7, 11) is 0. The SMILES string of the molecule is O=C(NCc1cn(-c2cc(Cl)ccc2O)nn1)c1cc(CF)cc(C(F)(F)F)c1. The van der Waals surface area contributed by atoms with Gasteiger partial charge in [0.05, 0.1) is 18.3 Å². The Balaban J connectivity index is 1.75. The molecule has 0 spiro atoms. The van der Waals surface area contributed by atoms with Crippen molar-refractivity contribution in [2.45, 2.75) is 19.4 Å². The van der Waals surface area contributed by atoms with Crippen molar-refractivity contribution in [2.75, 3.05) is 0 Å². The van der Waals surface area contributed by atoms with Gasteiger partial charge in [-0.1, -0.05) is 16.8 Å². The van der Waals surface area contributed by atoms with E-state index in [0.717, 1.165) is 6.07 Å². The molecule has 2 N–H and O–H groups in total. The Morgan fingerprint density at radius 2 is 1.97 bits per heavy atom. The van der Waals surface area contributed by atoms with Crippen molar-refractivity contribution in [1.82, 2.24) is 20.3 Å². The lowest BCUT2D eigenvalue weighted by molar-refractivity contribution is -0.137. The minimum atomic E-state index is -4.71. The Hall–Kier alpha value is -3.14. The van der Waals surface area contributed by atoms with Gasteiger partial charge in [0.1, 0.15) is 23.8 Å². The highest BCUT2D eigenvalue weighted by Gasteiger charge is 2.31. The monoisotopic (exact) mass is 428 g/mol. The Morgan fingerprint density at radius 1 is 1.21 bits per heavy atom. The predicted molar refractivity (Wildman–Crippen MR) is 95.5 cm³/mol. The van der Waals surface area contributed by atoms with Crippen LogP contribution < -0.4 is 5.32 Å². The van der Waals surface area contributed by atoms with E-state index in [4.69, 9.17) is 11.6 Å². The zero-order valence-electron chi connectivity index (χ0n) is 14.5. The van der Waals surface area contributed by atoms with Gasteiger partial charge in [-0.15, -0.1) is 5.10 Å². The number of benzene rings is 2. The van der Waals surface area contributed by atoms with Gasteiger partial charge in [0.2, 0.25) is 0 Å². The summed E-state index contributed by atoms with van der Waals surface area (Å²) in [5.41, 5.74) is -1.16. The van der Waals surface area contributed by atoms with E-state index in [0.29, 0.717) is 17.2 Å². The predicted octanol–water partition coefficient (Wildman–Crippen LogP) is 4.04. The molecule has 1 heterocycles. The summed E-state index contributed by atoms with van der Waals surface area (Å²) < 4.78 is 52.8. The maximum absolute atomic E-state index is 12.9. The molecule has 0 atom stereocenters. The van der Waals surface area contributed by atoms with E-state index in [2.05, 4.69) is 15.6 Å². The quantitative estimate of drug-likeness (QED) is 0.601. The molecule has 1 aromatic heterocycles. The minimum absolute atomic E-state index is 0.0994. The summed E-state index contributed by atoms with van der Waals surface area (Å²) in [5, 5.41) is 20.3. The van der Waals surface area contributed by atoms with Crippen molar-refractivity contribution < 1.29 is 27.5 Å². The fourth-order valence-electron chi connectivity index (χ4n) is 2.51. The van der Waals surface area contributed by atoms with Crippen LogP contribution in [0.15, 0.2) is 42.6 Å². The molecule has 0 saturated carbocycles. The van der Waals surface area contributed by atoms with Crippen molar-refractivity contribution in [3.05, 3.63) is 70.0 Å². The third kappa shape index (κ3) is 4.83. The molecule has 29 heavy (non-hydrogen) atoms. The second-order valence-electron chi connectivity index (χ2n) is 6.02. The largest absolute Gasteiger partial charge is 0.506 e. The first-order valence-corrected chi connectivity index (χ1v) is 8.50. The van der Waals surface area contributed by atoms with Crippen LogP contribution in [0.1, 0.15) is 27.2 Å². The second-order valence-corrected chi connectivity index (χ2v) is 6.46. The molecular formula is C18H13ClF4N4O2. The summed E-state index contributed by atoms with van der Waals surface area (Å²) in [5.74, 6) is -0.927. The smallest absolute Gasteiger partial charge is 0.416 e. The minimum Gasteiger partial charge on any atom is -0.506 e. The third-order valence-electron chi connectivity index (χ3n) is 3.89. The topological polar surface area (TPSA) is 80.0 Å². The van der Waals surface area contributed by atoms with Gasteiger partial charge in [-0.3, -0.25) is 4.79 Å². The molecule has 6 nitrogen and oxygen atoms in total. The van der Waals surface area contributed by atoms with Crippen molar-refractivity contribution in [1.29, 1.82) is 0 Å². The van der Waals surface area contributed by atoms with E-state index < -0.39 is 24.3 Å². The lowest BCUT2D eigenvalue weighted by atomic mass is 10.1. The van der Waals surface area contributed by atoms with Gasteiger partial charge in [-0.25, -0.2) is 9.07 Å². The molecule has 0 aliphatic heterocycles. The average molecular weight is 429 g/mol. The zero-order chi connectivity index (χ0) is 21.2. The standard InChI is InChI=1S/C18H13ClF4N4O2/c19-13-1-2-16(28)15(6-13)27-9-14(25-26-27)8-24-17(29)11-3-10(7-20)4-12(5-11)18(21,22)23/h1-6,9,28H,7-8H2,(H,24,29). The summed E-state index contributed by atoms with van der Waals surface area (Å²) in [6, 6.07) is 6.66. The molecule has 2 aromatic carbocycles. The van der Waals surface area contributed by atoms with E-state index in [9.17, 15) is 27.5 Å². The van der Waals surface area contributed by atoms with Crippen LogP contribution in [0.4, 0.5) is 17.6 Å². The number of rotatable bonds is 5. The van der Waals surface area contributed by atoms with Gasteiger partial charge in [0.25, 0.3) is 5.91 Å². The van der Waals surface area contributed by atoms with Crippen LogP contribution in [-0.4, -0.2) is 26.0 Å². The number of nitrogens with one attached hydrogen (secondary N) is 1. The maximum Gasteiger partial charge on any atom is 0.416 e. The van der Waals surface area contributed by atoms with Gasteiger partial charge in [-0.05, 0) is 42.0 Å². The van der Waals surface area contributed by atoms with E-state index in [1.165, 1.54) is 29.1 Å². The molecular weight excluding hydrogens is 416 g/mol. The number of carbonyl (C=O) groups is 1. The summed E-state index contributed by atoms with van der Waals surface area (Å²) in [6.07, 6.45) is -3.30. The van der Waals surface area contributed by atoms with Crippen LogP contribution in [0, 0.1) is 0 Å². The number of aromatic nitrogens is 3. The lowest BCUT2D eigenvalue weighted by Crippen LogP contribution is -2.23. The van der Waals surface area contributed by atoms with Gasteiger partial charge < -0.3 is 10.4 Å². The number of aromatic hydroxyl groups is 1. The molecule has 1 amide bonds. The molecule has 0 unspecified atom stereocenters. The fourth-order valence-corrected chi connectivity index (χ4v) is 2.68. The molecule has 0 fully saturated rings. The molecule has 0 aliphatic rings. The zero-order valence-corrected chi connectivity index (χ0v) is 15.3. The number of carbonyl (C=O) groups excluding carboxylic acids is 1. The number of phenolic OH excluding ortho intramolecular Hbond substituents is 1. The maximum atomic E-state index is 12.9. The van der Waals surface area contributed by atoms with Crippen molar-refractivity contribution in [3.63, 3.8) is 0 Å². The van der Waals surface area contributed by atoms with E-state index >= 15 is 0 Å². The number of nitrogens with zero attached hydrogens (tertiary/aromatic N) is 3. The Labute approximate surface area is 166 Å². The summed E-state index contributed by atoms with van der Waals surface area (Å²) in [4.78, 5) is 12.2. The van der Waals surface area contributed by atoms with Gasteiger partial charge >= 0.3 is 6.18 Å². The molecule has 3 rings (SSSR count). The van der Waals surface area contributed by atoms with Crippen molar-refractivity contribution >= 4 is 17.5 Å². The number of hydrogen-bond acceptors (Lipinski definition) is 4. The van der Waals surface area contributed by atoms with Crippen LogP contribution in [0.2, 0.25) is 5.02 Å². The molecule has 0 saturated heterocycles. The highest BCUT2D eigenvalue weighted by atomic mass is 35.5. The highest BCUT2D eigenvalue weighted by Crippen LogP contribution is 2.31. The van der Waals surface area contributed by atoms with E-state index in [1.807, 2.05) is 0 Å². The van der Waals surface area contributed by atoms with E-state index in [1.54, 1.807) is 0 Å². The fraction of sp³-hybridized carbons (Fsp3) is 0.167. The van der Waals surface area contributed by atoms with Crippen LogP contribution in [0.5, 0.6) is 5.75 Å². The van der Waals surface area contributed by atoms with Gasteiger partial charge in [-0.2, -0.15) is 13.2 Å². The number of alkyl halides is 4. The van der Waals surface area contributed by atoms with Crippen LogP contribution in [0.25, 0.3) is 5.69 Å². The number of halogens is 5. The lowest BCUT2D eigenvalue weighted by Gasteiger charge is -2.11. The van der Waals surface area contributed by atoms with Crippen LogP contribution in [0.3, 0.4) is 0 Å². The first-order chi connectivity index (χ1) is 13.7. The number of hydrogen-bond donors (Lipinski definition) is 2. The first kappa shape index (κ1) is 20.6. The Morgan fingerprint density at radius 3 is 2.66 bits per heavy atom. The molecule has 0 bridgehead atoms. The Bertz CT molecular complexity index is 1050. The average Bonchev–Trinajstić information content (AvgIpc) is 3.15. The van der Waals surface area contributed by atoms with Crippen molar-refractivity contribution in [2.24, 2.45) is 0 Å².